The molecule has 0 aromatic rings. The van der Waals surface area contributed by atoms with Crippen molar-refractivity contribution in [1.29, 1.82) is 0 Å². The first-order chi connectivity index (χ1) is 13.7. The van der Waals surface area contributed by atoms with E-state index in [2.05, 4.69) is 40.7 Å². The van der Waals surface area contributed by atoms with Crippen LogP contribution in [0, 0.1) is 40.4 Å². The summed E-state index contributed by atoms with van der Waals surface area (Å²) in [6, 6.07) is 0. The summed E-state index contributed by atoms with van der Waals surface area (Å²) in [5, 5.41) is 0. The average molecular weight is 397 g/mol. The predicted octanol–water partition coefficient (Wildman–Crippen LogP) is 6.70. The second kappa shape index (κ2) is 7.50. The van der Waals surface area contributed by atoms with Crippen molar-refractivity contribution in [2.24, 2.45) is 40.4 Å². The molecule has 160 valence electrons. The van der Waals surface area contributed by atoms with E-state index < -0.39 is 0 Å². The van der Waals surface area contributed by atoms with Crippen LogP contribution in [0.25, 0.3) is 0 Å². The zero-order valence-electron chi connectivity index (χ0n) is 19.2. The molecule has 4 aliphatic rings. The van der Waals surface area contributed by atoms with E-state index in [0.717, 1.165) is 23.8 Å². The zero-order chi connectivity index (χ0) is 21.0. The SMILES string of the molecule is CC(C)=CCC[C@@H](C)[C@H]1CC[C@H]2[C@@H]3CC(=O)C4=CC(=O)CC[C@]4(C)[C@H]3CC[C@]12C. The third-order valence-electron chi connectivity index (χ3n) is 9.72. The molecule has 0 aromatic heterocycles. The van der Waals surface area contributed by atoms with E-state index >= 15 is 0 Å². The molecular formula is C27H40O2. The fourth-order valence-electron chi connectivity index (χ4n) is 8.20. The maximum Gasteiger partial charge on any atom is 0.159 e. The maximum absolute atomic E-state index is 13.1. The third-order valence-corrected chi connectivity index (χ3v) is 9.72. The largest absolute Gasteiger partial charge is 0.295 e. The first-order valence-corrected chi connectivity index (χ1v) is 12.1. The molecule has 3 fully saturated rings. The van der Waals surface area contributed by atoms with Gasteiger partial charge in [-0.25, -0.2) is 0 Å². The molecule has 7 atom stereocenters. The molecule has 0 aliphatic heterocycles. The van der Waals surface area contributed by atoms with E-state index in [1.54, 1.807) is 6.08 Å². The summed E-state index contributed by atoms with van der Waals surface area (Å²) < 4.78 is 0. The Balaban J connectivity index is 1.56. The van der Waals surface area contributed by atoms with Crippen molar-refractivity contribution in [3.8, 4) is 0 Å². The van der Waals surface area contributed by atoms with Crippen LogP contribution in [0.1, 0.15) is 92.4 Å². The number of hydrogen-bond donors (Lipinski definition) is 0. The topological polar surface area (TPSA) is 34.1 Å². The first-order valence-electron chi connectivity index (χ1n) is 12.1. The summed E-state index contributed by atoms with van der Waals surface area (Å²) in [4.78, 5) is 25.1. The number of Topliss-reactive ketones (excluding diaryl/α,β-unsaturated/α-hetero) is 1. The van der Waals surface area contributed by atoms with E-state index in [1.165, 1.54) is 44.1 Å². The molecule has 4 rings (SSSR count). The highest BCUT2D eigenvalue weighted by atomic mass is 16.1. The average Bonchev–Trinajstić information content (AvgIpc) is 3.00. The van der Waals surface area contributed by atoms with Crippen LogP contribution in [0.5, 0.6) is 0 Å². The maximum atomic E-state index is 13.1. The van der Waals surface area contributed by atoms with Gasteiger partial charge in [0.15, 0.2) is 11.6 Å². The van der Waals surface area contributed by atoms with Gasteiger partial charge in [0.2, 0.25) is 0 Å². The molecule has 29 heavy (non-hydrogen) atoms. The van der Waals surface area contributed by atoms with Crippen LogP contribution in [0.2, 0.25) is 0 Å². The molecule has 0 saturated heterocycles. The molecule has 0 N–H and O–H groups in total. The van der Waals surface area contributed by atoms with Gasteiger partial charge in [-0.1, -0.05) is 32.4 Å². The molecule has 0 amide bonds. The van der Waals surface area contributed by atoms with Gasteiger partial charge in [0.05, 0.1) is 0 Å². The van der Waals surface area contributed by atoms with Crippen LogP contribution in [-0.4, -0.2) is 11.6 Å². The number of hydrogen-bond acceptors (Lipinski definition) is 2. The highest BCUT2D eigenvalue weighted by Gasteiger charge is 2.60. The molecule has 3 saturated carbocycles. The molecule has 0 unspecified atom stereocenters. The standard InChI is InChI=1S/C27H40O2/c1-17(2)7-6-8-18(3)21-9-10-22-20-16-25(29)24-15-19(28)11-13-27(24,5)23(20)12-14-26(21,22)4/h7,15,18,20-23H,6,8-14,16H2,1-5H3/t18-,20+,21-,22+,23+,26-,27-/m1/s1. The fourth-order valence-corrected chi connectivity index (χ4v) is 8.20. The molecule has 2 nitrogen and oxygen atoms in total. The van der Waals surface area contributed by atoms with Gasteiger partial charge in [0.25, 0.3) is 0 Å². The van der Waals surface area contributed by atoms with Crippen molar-refractivity contribution >= 4 is 11.6 Å². The minimum atomic E-state index is -0.0532. The van der Waals surface area contributed by atoms with Gasteiger partial charge < -0.3 is 0 Å². The van der Waals surface area contributed by atoms with Crippen LogP contribution >= 0.6 is 0 Å². The van der Waals surface area contributed by atoms with Gasteiger partial charge in [-0.3, -0.25) is 9.59 Å². The highest BCUT2D eigenvalue weighted by molar-refractivity contribution is 6.05. The summed E-state index contributed by atoms with van der Waals surface area (Å²) >= 11 is 0. The van der Waals surface area contributed by atoms with Gasteiger partial charge >= 0.3 is 0 Å². The van der Waals surface area contributed by atoms with Gasteiger partial charge in [0, 0.05) is 18.4 Å². The van der Waals surface area contributed by atoms with Crippen LogP contribution in [0.4, 0.5) is 0 Å². The highest BCUT2D eigenvalue weighted by Crippen LogP contribution is 2.67. The van der Waals surface area contributed by atoms with Crippen LogP contribution in [0.15, 0.2) is 23.3 Å². The number of carbonyl (C=O) groups excluding carboxylic acids is 2. The van der Waals surface area contributed by atoms with E-state index in [-0.39, 0.29) is 17.0 Å². The molecular weight excluding hydrogens is 356 g/mol. The number of allylic oxidation sites excluding steroid dienone is 3. The van der Waals surface area contributed by atoms with Gasteiger partial charge in [-0.05, 0) is 105 Å². The molecule has 2 heteroatoms. The Labute approximate surface area is 177 Å². The summed E-state index contributed by atoms with van der Waals surface area (Å²) in [6.07, 6.45) is 14.0. The summed E-state index contributed by atoms with van der Waals surface area (Å²) in [5.41, 5.74) is 2.65. The first kappa shape index (κ1) is 21.1. The lowest BCUT2D eigenvalue weighted by Crippen LogP contribution is -2.53. The molecule has 0 spiro atoms. The molecule has 0 aromatic carbocycles. The molecule has 0 heterocycles. The fraction of sp³-hybridized carbons (Fsp3) is 0.778. The number of fused-ring (bicyclic) bond motifs is 5. The predicted molar refractivity (Wildman–Crippen MR) is 118 cm³/mol. The Morgan fingerprint density at radius 3 is 2.62 bits per heavy atom. The Morgan fingerprint density at radius 1 is 1.14 bits per heavy atom. The minimum absolute atomic E-state index is 0.0532. The van der Waals surface area contributed by atoms with Crippen molar-refractivity contribution in [3.05, 3.63) is 23.3 Å². The second-order valence-electron chi connectivity index (χ2n) is 11.5. The summed E-state index contributed by atoms with van der Waals surface area (Å²) in [5.74, 6) is 3.82. The lowest BCUT2D eigenvalue weighted by atomic mass is 9.46. The van der Waals surface area contributed by atoms with Crippen molar-refractivity contribution in [3.63, 3.8) is 0 Å². The van der Waals surface area contributed by atoms with Crippen molar-refractivity contribution < 1.29 is 9.59 Å². The third kappa shape index (κ3) is 3.39. The molecule has 4 aliphatic carbocycles. The molecule has 0 bridgehead atoms. The van der Waals surface area contributed by atoms with Gasteiger partial charge in [0.1, 0.15) is 0 Å². The number of ketones is 2. The summed E-state index contributed by atoms with van der Waals surface area (Å²) in [7, 11) is 0. The lowest BCUT2D eigenvalue weighted by Gasteiger charge is -2.57. The van der Waals surface area contributed by atoms with Crippen molar-refractivity contribution in [2.45, 2.75) is 92.4 Å². The number of rotatable bonds is 4. The number of carbonyl (C=O) groups is 2. The minimum Gasteiger partial charge on any atom is -0.295 e. The van der Waals surface area contributed by atoms with E-state index in [9.17, 15) is 9.59 Å². The quantitative estimate of drug-likeness (QED) is 0.496. The normalized spacial score (nSPS) is 42.4. The monoisotopic (exact) mass is 396 g/mol. The Morgan fingerprint density at radius 2 is 1.90 bits per heavy atom. The Kier molecular flexibility index (Phi) is 5.45. The van der Waals surface area contributed by atoms with Gasteiger partial charge in [-0.15, -0.1) is 0 Å². The van der Waals surface area contributed by atoms with E-state index in [4.69, 9.17) is 0 Å². The van der Waals surface area contributed by atoms with Crippen molar-refractivity contribution in [2.75, 3.05) is 0 Å². The summed E-state index contributed by atoms with van der Waals surface area (Å²) in [6.45, 7) is 11.7. The Hall–Kier alpha value is -1.18. The zero-order valence-corrected chi connectivity index (χ0v) is 19.2. The smallest absolute Gasteiger partial charge is 0.159 e. The van der Waals surface area contributed by atoms with Gasteiger partial charge in [-0.2, -0.15) is 0 Å². The van der Waals surface area contributed by atoms with E-state index in [0.29, 0.717) is 36.0 Å². The van der Waals surface area contributed by atoms with E-state index in [1.807, 2.05) is 0 Å². The Bertz CT molecular complexity index is 754. The van der Waals surface area contributed by atoms with Crippen LogP contribution in [0.3, 0.4) is 0 Å². The second-order valence-corrected chi connectivity index (χ2v) is 11.5. The lowest BCUT2D eigenvalue weighted by molar-refractivity contribution is -0.131. The molecule has 0 radical (unpaired) electrons. The van der Waals surface area contributed by atoms with Crippen molar-refractivity contribution in [1.82, 2.24) is 0 Å². The van der Waals surface area contributed by atoms with Crippen LogP contribution < -0.4 is 0 Å². The van der Waals surface area contributed by atoms with Crippen LogP contribution in [-0.2, 0) is 9.59 Å².